The quantitative estimate of drug-likeness (QED) is 0.659. The van der Waals surface area contributed by atoms with Gasteiger partial charge >= 0.3 is 0 Å². The summed E-state index contributed by atoms with van der Waals surface area (Å²) in [5.41, 5.74) is 1.89. The highest BCUT2D eigenvalue weighted by Gasteiger charge is 2.00. The van der Waals surface area contributed by atoms with Crippen LogP contribution in [-0.4, -0.2) is 18.7 Å². The lowest BCUT2D eigenvalue weighted by atomic mass is 10.2. The maximum Gasteiger partial charge on any atom is 0.261 e. The smallest absolute Gasteiger partial charge is 0.261 e. The molecule has 0 saturated carbocycles. The van der Waals surface area contributed by atoms with Gasteiger partial charge in [-0.1, -0.05) is 59.2 Å². The molecule has 2 aromatic carbocycles. The highest BCUT2D eigenvalue weighted by molar-refractivity contribution is 6.30. The largest absolute Gasteiger partial charge is 0.386 e. The van der Waals surface area contributed by atoms with E-state index < -0.39 is 0 Å². The number of amides is 1. The first-order valence-electron chi connectivity index (χ1n) is 6.45. The molecule has 0 aliphatic carbocycles. The van der Waals surface area contributed by atoms with Crippen LogP contribution in [0.1, 0.15) is 11.1 Å². The molecule has 1 N–H and O–H groups in total. The van der Waals surface area contributed by atoms with Crippen LogP contribution < -0.4 is 5.32 Å². The number of nitrogens with zero attached hydrogens (tertiary/aromatic N) is 1. The molecule has 108 valence electrons. The van der Waals surface area contributed by atoms with Crippen LogP contribution >= 0.6 is 11.6 Å². The summed E-state index contributed by atoms with van der Waals surface area (Å²) in [6.45, 7) is 0.362. The Balaban J connectivity index is 1.68. The highest BCUT2D eigenvalue weighted by Crippen LogP contribution is 2.07. The number of oxime groups is 1. The summed E-state index contributed by atoms with van der Waals surface area (Å²) in [5.74, 6) is -0.216. The van der Waals surface area contributed by atoms with E-state index in [0.29, 0.717) is 11.6 Å². The van der Waals surface area contributed by atoms with Crippen LogP contribution in [0, 0.1) is 0 Å². The van der Waals surface area contributed by atoms with E-state index >= 15 is 0 Å². The Morgan fingerprint density at radius 1 is 1.14 bits per heavy atom. The molecule has 0 heterocycles. The Morgan fingerprint density at radius 2 is 1.86 bits per heavy atom. The number of halogens is 1. The molecule has 5 heteroatoms. The van der Waals surface area contributed by atoms with Gasteiger partial charge in [-0.15, -0.1) is 0 Å². The van der Waals surface area contributed by atoms with Crippen LogP contribution in [0.4, 0.5) is 0 Å². The molecule has 4 nitrogen and oxygen atoms in total. The molecule has 2 rings (SSSR count). The fraction of sp³-hybridized carbons (Fsp3) is 0.125. The summed E-state index contributed by atoms with van der Waals surface area (Å²) in [6, 6.07) is 16.8. The third kappa shape index (κ3) is 5.67. The van der Waals surface area contributed by atoms with E-state index in [9.17, 15) is 4.79 Å². The predicted molar refractivity (Wildman–Crippen MR) is 83.3 cm³/mol. The minimum Gasteiger partial charge on any atom is -0.386 e. The van der Waals surface area contributed by atoms with E-state index in [2.05, 4.69) is 10.5 Å². The summed E-state index contributed by atoms with van der Waals surface area (Å²) >= 11 is 5.77. The number of hydrogen-bond acceptors (Lipinski definition) is 3. The van der Waals surface area contributed by atoms with Crippen LogP contribution in [0.2, 0.25) is 5.02 Å². The van der Waals surface area contributed by atoms with E-state index in [1.54, 1.807) is 12.1 Å². The highest BCUT2D eigenvalue weighted by atomic mass is 35.5. The molecule has 0 aromatic heterocycles. The average molecular weight is 303 g/mol. The number of carbonyl (C=O) groups is 1. The fourth-order valence-corrected chi connectivity index (χ4v) is 1.72. The normalized spacial score (nSPS) is 10.5. The number of hydrogen-bond donors (Lipinski definition) is 1. The molecule has 0 aliphatic heterocycles. The molecule has 0 saturated heterocycles. The van der Waals surface area contributed by atoms with Crippen molar-refractivity contribution in [3.63, 3.8) is 0 Å². The van der Waals surface area contributed by atoms with E-state index in [1.165, 1.54) is 6.21 Å². The van der Waals surface area contributed by atoms with Crippen LogP contribution in [0.25, 0.3) is 0 Å². The molecule has 0 unspecified atom stereocenters. The standard InChI is InChI=1S/C16H15ClN2O2/c17-15-8-6-14(7-9-15)11-19-21-12-16(20)18-10-13-4-2-1-3-5-13/h1-9,11H,10,12H2,(H,18,20)/b19-11-. The molecule has 1 amide bonds. The van der Waals surface area contributed by atoms with Crippen LogP contribution in [0.3, 0.4) is 0 Å². The number of nitrogens with one attached hydrogen (secondary N) is 1. The summed E-state index contributed by atoms with van der Waals surface area (Å²) in [5, 5.41) is 7.15. The van der Waals surface area contributed by atoms with Gasteiger partial charge in [0.1, 0.15) is 0 Å². The van der Waals surface area contributed by atoms with Crippen molar-refractivity contribution in [2.45, 2.75) is 6.54 Å². The van der Waals surface area contributed by atoms with Crippen molar-refractivity contribution in [1.29, 1.82) is 0 Å². The van der Waals surface area contributed by atoms with Gasteiger partial charge in [0.25, 0.3) is 5.91 Å². The minimum absolute atomic E-state index is 0.114. The van der Waals surface area contributed by atoms with E-state index in [-0.39, 0.29) is 12.5 Å². The second-order valence-electron chi connectivity index (χ2n) is 4.32. The first-order chi connectivity index (χ1) is 10.2. The lowest BCUT2D eigenvalue weighted by molar-refractivity contribution is -0.125. The van der Waals surface area contributed by atoms with Crippen molar-refractivity contribution in [3.05, 3.63) is 70.7 Å². The predicted octanol–water partition coefficient (Wildman–Crippen LogP) is 3.01. The van der Waals surface area contributed by atoms with Crippen molar-refractivity contribution >= 4 is 23.7 Å². The first kappa shape index (κ1) is 15.1. The zero-order chi connectivity index (χ0) is 14.9. The van der Waals surface area contributed by atoms with Gasteiger partial charge in [-0.05, 0) is 23.3 Å². The second-order valence-corrected chi connectivity index (χ2v) is 4.76. The summed E-state index contributed by atoms with van der Waals surface area (Å²) in [4.78, 5) is 16.5. The van der Waals surface area contributed by atoms with Gasteiger partial charge in [0.15, 0.2) is 6.61 Å². The van der Waals surface area contributed by atoms with Crippen molar-refractivity contribution in [2.24, 2.45) is 5.16 Å². The second kappa shape index (κ2) is 8.07. The molecular weight excluding hydrogens is 288 g/mol. The van der Waals surface area contributed by atoms with Gasteiger partial charge in [-0.2, -0.15) is 0 Å². The summed E-state index contributed by atoms with van der Waals surface area (Å²) < 4.78 is 0. The van der Waals surface area contributed by atoms with Crippen LogP contribution in [-0.2, 0) is 16.2 Å². The molecule has 0 aliphatic rings. The maximum absolute atomic E-state index is 11.5. The molecule has 2 aromatic rings. The number of carbonyl (C=O) groups excluding carboxylic acids is 1. The van der Waals surface area contributed by atoms with Crippen LogP contribution in [0.15, 0.2) is 59.8 Å². The van der Waals surface area contributed by atoms with Gasteiger partial charge in [0.05, 0.1) is 6.21 Å². The van der Waals surface area contributed by atoms with Gasteiger partial charge in [0.2, 0.25) is 0 Å². The summed E-state index contributed by atoms with van der Waals surface area (Å²) in [6.07, 6.45) is 1.53. The number of benzene rings is 2. The van der Waals surface area contributed by atoms with Gasteiger partial charge in [-0.3, -0.25) is 4.79 Å². The van der Waals surface area contributed by atoms with Crippen molar-refractivity contribution in [1.82, 2.24) is 5.32 Å². The first-order valence-corrected chi connectivity index (χ1v) is 6.83. The maximum atomic E-state index is 11.5. The van der Waals surface area contributed by atoms with Gasteiger partial charge < -0.3 is 10.2 Å². The molecule has 21 heavy (non-hydrogen) atoms. The average Bonchev–Trinajstić information content (AvgIpc) is 2.52. The Kier molecular flexibility index (Phi) is 5.79. The third-order valence-corrected chi connectivity index (χ3v) is 2.93. The number of rotatable bonds is 6. The topological polar surface area (TPSA) is 50.7 Å². The van der Waals surface area contributed by atoms with Gasteiger partial charge in [0, 0.05) is 11.6 Å². The minimum atomic E-state index is -0.216. The Morgan fingerprint density at radius 3 is 2.57 bits per heavy atom. The SMILES string of the molecule is O=C(CO/N=C\c1ccc(Cl)cc1)NCc1ccccc1. The van der Waals surface area contributed by atoms with E-state index in [1.807, 2.05) is 42.5 Å². The molecule has 0 bridgehead atoms. The molecule has 0 fully saturated rings. The zero-order valence-electron chi connectivity index (χ0n) is 11.3. The van der Waals surface area contributed by atoms with Crippen molar-refractivity contribution < 1.29 is 9.63 Å². The molecule has 0 spiro atoms. The molecule has 0 radical (unpaired) electrons. The Labute approximate surface area is 128 Å². The molecular formula is C16H15ClN2O2. The monoisotopic (exact) mass is 302 g/mol. The van der Waals surface area contributed by atoms with Gasteiger partial charge in [-0.25, -0.2) is 0 Å². The Hall–Kier alpha value is -2.33. The summed E-state index contributed by atoms with van der Waals surface area (Å²) in [7, 11) is 0. The Bertz CT molecular complexity index is 597. The fourth-order valence-electron chi connectivity index (χ4n) is 1.59. The lowest BCUT2D eigenvalue weighted by Crippen LogP contribution is -2.26. The van der Waals surface area contributed by atoms with Crippen molar-refractivity contribution in [2.75, 3.05) is 6.61 Å². The lowest BCUT2D eigenvalue weighted by Gasteiger charge is -2.04. The third-order valence-electron chi connectivity index (χ3n) is 2.67. The van der Waals surface area contributed by atoms with E-state index in [4.69, 9.17) is 16.4 Å². The van der Waals surface area contributed by atoms with E-state index in [0.717, 1.165) is 11.1 Å². The molecule has 0 atom stereocenters. The van der Waals surface area contributed by atoms with Crippen molar-refractivity contribution in [3.8, 4) is 0 Å². The zero-order valence-corrected chi connectivity index (χ0v) is 12.1. The van der Waals surface area contributed by atoms with Crippen LogP contribution in [0.5, 0.6) is 0 Å².